The molecule has 0 saturated heterocycles. The number of pyridine rings is 1. The Morgan fingerprint density at radius 2 is 1.76 bits per heavy atom. The molecule has 7 heteroatoms. The molecule has 0 spiro atoms. The van der Waals surface area contributed by atoms with Crippen molar-refractivity contribution in [2.45, 2.75) is 39.3 Å². The van der Waals surface area contributed by atoms with E-state index in [1.807, 2.05) is 24.3 Å². The maximum atomic E-state index is 9.54. The third kappa shape index (κ3) is 4.25. The Morgan fingerprint density at radius 1 is 1.04 bits per heavy atom. The molecule has 2 heterocycles. The minimum atomic E-state index is -0.0911. The van der Waals surface area contributed by atoms with Crippen molar-refractivity contribution in [1.29, 1.82) is 0 Å². The van der Waals surface area contributed by atoms with E-state index in [4.69, 9.17) is 15.9 Å². The summed E-state index contributed by atoms with van der Waals surface area (Å²) in [7, 11) is 0. The predicted molar refractivity (Wildman–Crippen MR) is 99.1 cm³/mol. The molecule has 0 amide bonds. The fraction of sp³-hybridized carbons (Fsp3) is 0.444. The van der Waals surface area contributed by atoms with E-state index in [2.05, 4.69) is 21.5 Å². The van der Waals surface area contributed by atoms with Crippen molar-refractivity contribution in [2.75, 3.05) is 18.9 Å². The molecular formula is C18H26N4O3. The molecule has 1 aromatic carbocycles. The van der Waals surface area contributed by atoms with Crippen molar-refractivity contribution < 1.29 is 15.3 Å². The van der Waals surface area contributed by atoms with E-state index in [-0.39, 0.29) is 19.8 Å². The average molecular weight is 346 g/mol. The highest BCUT2D eigenvalue weighted by atomic mass is 16.3. The van der Waals surface area contributed by atoms with Gasteiger partial charge in [-0.1, -0.05) is 31.5 Å². The summed E-state index contributed by atoms with van der Waals surface area (Å²) in [6.07, 6.45) is 2.62. The van der Waals surface area contributed by atoms with E-state index < -0.39 is 0 Å². The first-order valence-corrected chi connectivity index (χ1v) is 8.53. The number of aryl methyl sites for hydroxylation is 1. The zero-order chi connectivity index (χ0) is 18.2. The van der Waals surface area contributed by atoms with Gasteiger partial charge in [0.15, 0.2) is 5.82 Å². The molecule has 0 fully saturated rings. The van der Waals surface area contributed by atoms with Gasteiger partial charge < -0.3 is 25.6 Å². The van der Waals surface area contributed by atoms with Crippen LogP contribution >= 0.6 is 0 Å². The topological polar surface area (TPSA) is 117 Å². The number of nitrogen functional groups attached to an aromatic ring is 1. The van der Waals surface area contributed by atoms with Gasteiger partial charge in [0.2, 0.25) is 0 Å². The van der Waals surface area contributed by atoms with Crippen molar-refractivity contribution in [2.24, 2.45) is 0 Å². The molecule has 0 radical (unpaired) electrons. The summed E-state index contributed by atoms with van der Waals surface area (Å²) in [6.45, 7) is 3.07. The molecule has 0 saturated carbocycles. The van der Waals surface area contributed by atoms with Gasteiger partial charge in [-0.25, -0.2) is 9.97 Å². The maximum absolute atomic E-state index is 9.54. The number of aromatic nitrogens is 3. The molecule has 3 aromatic rings. The van der Waals surface area contributed by atoms with Crippen LogP contribution in [0.3, 0.4) is 0 Å². The smallest absolute Gasteiger partial charge is 0.152 e. The van der Waals surface area contributed by atoms with Gasteiger partial charge in [0.05, 0.1) is 11.0 Å². The van der Waals surface area contributed by atoms with E-state index in [0.717, 1.165) is 35.8 Å². The van der Waals surface area contributed by atoms with Gasteiger partial charge in [-0.15, -0.1) is 0 Å². The summed E-state index contributed by atoms with van der Waals surface area (Å²) in [6, 6.07) is 7.89. The maximum Gasteiger partial charge on any atom is 0.152 e. The lowest BCUT2D eigenvalue weighted by Gasteiger charge is -2.09. The number of nitrogens with two attached hydrogens (primary N) is 1. The molecule has 0 aliphatic heterocycles. The molecule has 5 N–H and O–H groups in total. The van der Waals surface area contributed by atoms with Crippen LogP contribution in [-0.2, 0) is 13.2 Å². The summed E-state index contributed by atoms with van der Waals surface area (Å²) in [5, 5.41) is 26.4. The number of anilines is 1. The largest absolute Gasteiger partial charge is 0.396 e. The Kier molecular flexibility index (Phi) is 7.12. The summed E-state index contributed by atoms with van der Waals surface area (Å²) >= 11 is 0. The summed E-state index contributed by atoms with van der Waals surface area (Å²) in [5.74, 6) is 1.07. The molecular weight excluding hydrogens is 320 g/mol. The van der Waals surface area contributed by atoms with Crippen LogP contribution in [0.2, 0.25) is 0 Å². The second kappa shape index (κ2) is 9.31. The number of para-hydroxylation sites is 1. The zero-order valence-electron chi connectivity index (χ0n) is 14.5. The fourth-order valence-corrected chi connectivity index (χ4v) is 2.65. The number of nitrogens with zero attached hydrogens (tertiary/aromatic N) is 3. The standard InChI is InChI=1S/C15H18N4O.C3H8O2/c1-2-3-8-19-12(9-20)18-13-14(19)10-6-4-5-7-11(10)17-15(13)16;4-2-1-3-5/h4-7,20H,2-3,8-9H2,1H3,(H2,16,17);4-5H,1-3H2. The lowest BCUT2D eigenvalue weighted by atomic mass is 10.2. The first-order valence-electron chi connectivity index (χ1n) is 8.53. The van der Waals surface area contributed by atoms with Gasteiger partial charge in [0.1, 0.15) is 17.9 Å². The summed E-state index contributed by atoms with van der Waals surface area (Å²) in [4.78, 5) is 8.85. The van der Waals surface area contributed by atoms with Crippen molar-refractivity contribution in [3.05, 3.63) is 30.1 Å². The van der Waals surface area contributed by atoms with Crippen LogP contribution in [0, 0.1) is 0 Å². The van der Waals surface area contributed by atoms with E-state index in [0.29, 0.717) is 23.6 Å². The monoisotopic (exact) mass is 346 g/mol. The number of hydrogen-bond donors (Lipinski definition) is 4. The lowest BCUT2D eigenvalue weighted by Crippen LogP contribution is -2.04. The number of fused-ring (bicyclic) bond motifs is 3. The number of benzene rings is 1. The predicted octanol–water partition coefficient (Wildman–Crippen LogP) is 1.82. The Morgan fingerprint density at radius 3 is 2.36 bits per heavy atom. The van der Waals surface area contributed by atoms with Crippen LogP contribution in [-0.4, -0.2) is 43.1 Å². The van der Waals surface area contributed by atoms with Crippen molar-refractivity contribution in [1.82, 2.24) is 14.5 Å². The number of hydrogen-bond acceptors (Lipinski definition) is 6. The first-order chi connectivity index (χ1) is 12.2. The van der Waals surface area contributed by atoms with Crippen molar-refractivity contribution >= 4 is 27.8 Å². The van der Waals surface area contributed by atoms with Crippen LogP contribution in [0.25, 0.3) is 21.9 Å². The number of aliphatic hydroxyl groups is 3. The van der Waals surface area contributed by atoms with E-state index in [9.17, 15) is 5.11 Å². The fourth-order valence-electron chi connectivity index (χ4n) is 2.65. The highest BCUT2D eigenvalue weighted by Gasteiger charge is 2.16. The van der Waals surface area contributed by atoms with Gasteiger partial charge in [-0.3, -0.25) is 0 Å². The minimum absolute atomic E-state index is 0.0911. The van der Waals surface area contributed by atoms with Crippen molar-refractivity contribution in [3.8, 4) is 0 Å². The van der Waals surface area contributed by atoms with Gasteiger partial charge in [-0.05, 0) is 18.9 Å². The molecule has 0 unspecified atom stereocenters. The molecule has 0 atom stereocenters. The van der Waals surface area contributed by atoms with Crippen LogP contribution in [0.15, 0.2) is 24.3 Å². The van der Waals surface area contributed by atoms with Crippen LogP contribution in [0.4, 0.5) is 5.82 Å². The van der Waals surface area contributed by atoms with Crippen molar-refractivity contribution in [3.63, 3.8) is 0 Å². The zero-order valence-corrected chi connectivity index (χ0v) is 14.5. The first kappa shape index (κ1) is 19.1. The Hall–Kier alpha value is -2.22. The van der Waals surface area contributed by atoms with Crippen LogP contribution in [0.1, 0.15) is 32.0 Å². The molecule has 0 bridgehead atoms. The Bertz CT molecular complexity index is 815. The Balaban J connectivity index is 0.000000399. The van der Waals surface area contributed by atoms with Crippen LogP contribution in [0.5, 0.6) is 0 Å². The molecule has 3 rings (SSSR count). The van der Waals surface area contributed by atoms with Crippen LogP contribution < -0.4 is 5.73 Å². The second-order valence-corrected chi connectivity index (χ2v) is 5.70. The molecule has 0 aliphatic carbocycles. The number of rotatable bonds is 6. The molecule has 2 aromatic heterocycles. The summed E-state index contributed by atoms with van der Waals surface area (Å²) < 4.78 is 2.07. The molecule has 136 valence electrons. The highest BCUT2D eigenvalue weighted by molar-refractivity contribution is 6.06. The Labute approximate surface area is 146 Å². The van der Waals surface area contributed by atoms with Gasteiger partial charge in [-0.2, -0.15) is 0 Å². The minimum Gasteiger partial charge on any atom is -0.396 e. The van der Waals surface area contributed by atoms with E-state index in [1.165, 1.54) is 0 Å². The van der Waals surface area contributed by atoms with Gasteiger partial charge >= 0.3 is 0 Å². The third-order valence-electron chi connectivity index (χ3n) is 3.88. The number of unbranched alkanes of at least 4 members (excludes halogenated alkanes) is 1. The average Bonchev–Trinajstić information content (AvgIpc) is 3.01. The van der Waals surface area contributed by atoms with E-state index >= 15 is 0 Å². The number of aliphatic hydroxyl groups excluding tert-OH is 3. The SMILES string of the molecule is CCCCn1c(CO)nc2c(N)nc3ccccc3c21.OCCCO. The lowest BCUT2D eigenvalue weighted by molar-refractivity contribution is 0.221. The normalized spacial score (nSPS) is 10.9. The third-order valence-corrected chi connectivity index (χ3v) is 3.88. The highest BCUT2D eigenvalue weighted by Crippen LogP contribution is 2.29. The second-order valence-electron chi connectivity index (χ2n) is 5.70. The van der Waals surface area contributed by atoms with Gasteiger partial charge in [0.25, 0.3) is 0 Å². The number of imidazole rings is 1. The van der Waals surface area contributed by atoms with E-state index in [1.54, 1.807) is 0 Å². The van der Waals surface area contributed by atoms with Gasteiger partial charge in [0, 0.05) is 25.1 Å². The molecule has 0 aliphatic rings. The molecule has 25 heavy (non-hydrogen) atoms. The summed E-state index contributed by atoms with van der Waals surface area (Å²) in [5.41, 5.74) is 8.54. The molecule has 7 nitrogen and oxygen atoms in total. The quantitative estimate of drug-likeness (QED) is 0.541.